The highest BCUT2D eigenvalue weighted by molar-refractivity contribution is 5.96. The van der Waals surface area contributed by atoms with Gasteiger partial charge in [-0.05, 0) is 18.1 Å². The van der Waals surface area contributed by atoms with Crippen LogP contribution >= 0.6 is 0 Å². The normalized spacial score (nSPS) is 11.9. The Labute approximate surface area is 95.5 Å². The maximum Gasteiger partial charge on any atom is 0.244 e. The van der Waals surface area contributed by atoms with Crippen LogP contribution < -0.4 is 4.90 Å². The zero-order chi connectivity index (χ0) is 12.1. The molecule has 4 heteroatoms. The molecule has 0 aliphatic rings. The van der Waals surface area contributed by atoms with E-state index in [0.717, 1.165) is 5.69 Å². The molecular formula is C12H15N3O. The van der Waals surface area contributed by atoms with Gasteiger partial charge in [0.15, 0.2) is 0 Å². The van der Waals surface area contributed by atoms with Crippen molar-refractivity contribution in [3.8, 4) is 6.07 Å². The van der Waals surface area contributed by atoms with Crippen molar-refractivity contribution in [2.75, 3.05) is 11.9 Å². The molecular weight excluding hydrogens is 202 g/mol. The Kier molecular flexibility index (Phi) is 4.01. The molecule has 0 saturated heterocycles. The quantitative estimate of drug-likeness (QED) is 0.776. The van der Waals surface area contributed by atoms with Crippen LogP contribution in [0.3, 0.4) is 0 Å². The summed E-state index contributed by atoms with van der Waals surface area (Å²) in [7, 11) is 1.67. The van der Waals surface area contributed by atoms with Crippen LogP contribution in [0.5, 0.6) is 0 Å². The molecule has 0 aliphatic heterocycles. The first-order valence-electron chi connectivity index (χ1n) is 5.15. The van der Waals surface area contributed by atoms with E-state index < -0.39 is 5.92 Å². The molecule has 1 amide bonds. The van der Waals surface area contributed by atoms with Crippen molar-refractivity contribution >= 4 is 11.6 Å². The average molecular weight is 217 g/mol. The molecule has 0 saturated carbocycles. The van der Waals surface area contributed by atoms with Gasteiger partial charge in [0.1, 0.15) is 5.92 Å². The Balaban J connectivity index is 2.87. The predicted octanol–water partition coefficient (Wildman–Crippen LogP) is 1.84. The van der Waals surface area contributed by atoms with Crippen LogP contribution in [0.1, 0.15) is 13.8 Å². The van der Waals surface area contributed by atoms with Gasteiger partial charge in [0.05, 0.1) is 6.07 Å². The Morgan fingerprint density at radius 3 is 2.44 bits per heavy atom. The lowest BCUT2D eigenvalue weighted by molar-refractivity contribution is -0.121. The number of nitriles is 1. The van der Waals surface area contributed by atoms with E-state index in [-0.39, 0.29) is 11.8 Å². The molecule has 1 heterocycles. The third-order valence-electron chi connectivity index (χ3n) is 2.45. The van der Waals surface area contributed by atoms with E-state index in [2.05, 4.69) is 4.98 Å². The zero-order valence-corrected chi connectivity index (χ0v) is 9.71. The maximum absolute atomic E-state index is 12.0. The second kappa shape index (κ2) is 5.26. The lowest BCUT2D eigenvalue weighted by Crippen LogP contribution is -2.34. The number of rotatable bonds is 3. The third kappa shape index (κ3) is 2.57. The van der Waals surface area contributed by atoms with Crippen molar-refractivity contribution in [3.05, 3.63) is 24.5 Å². The molecule has 0 aromatic carbocycles. The SMILES string of the molecule is CC(C)C(C#N)C(=O)N(C)c1ccncc1. The van der Waals surface area contributed by atoms with E-state index in [0.29, 0.717) is 0 Å². The number of carbonyl (C=O) groups is 1. The van der Waals surface area contributed by atoms with Crippen molar-refractivity contribution in [1.82, 2.24) is 4.98 Å². The fraction of sp³-hybridized carbons (Fsp3) is 0.417. The number of nitrogens with zero attached hydrogens (tertiary/aromatic N) is 3. The molecule has 0 bridgehead atoms. The van der Waals surface area contributed by atoms with Gasteiger partial charge in [-0.1, -0.05) is 13.8 Å². The molecule has 1 atom stereocenters. The fourth-order valence-corrected chi connectivity index (χ4v) is 1.39. The van der Waals surface area contributed by atoms with Crippen molar-refractivity contribution < 1.29 is 4.79 Å². The first-order chi connectivity index (χ1) is 7.57. The van der Waals surface area contributed by atoms with Gasteiger partial charge >= 0.3 is 0 Å². The number of amides is 1. The lowest BCUT2D eigenvalue weighted by atomic mass is 9.96. The second-order valence-electron chi connectivity index (χ2n) is 3.95. The average Bonchev–Trinajstić information content (AvgIpc) is 2.29. The van der Waals surface area contributed by atoms with Crippen LogP contribution in [0.15, 0.2) is 24.5 Å². The Morgan fingerprint density at radius 2 is 2.00 bits per heavy atom. The van der Waals surface area contributed by atoms with E-state index >= 15 is 0 Å². The fourth-order valence-electron chi connectivity index (χ4n) is 1.39. The molecule has 1 rings (SSSR count). The highest BCUT2D eigenvalue weighted by Gasteiger charge is 2.25. The van der Waals surface area contributed by atoms with E-state index in [1.165, 1.54) is 4.90 Å². The maximum atomic E-state index is 12.0. The van der Waals surface area contributed by atoms with Crippen LogP contribution in [0.25, 0.3) is 0 Å². The highest BCUT2D eigenvalue weighted by Crippen LogP contribution is 2.17. The number of anilines is 1. The van der Waals surface area contributed by atoms with Crippen LogP contribution in [0.2, 0.25) is 0 Å². The Hall–Kier alpha value is -1.89. The van der Waals surface area contributed by atoms with Crippen molar-refractivity contribution in [3.63, 3.8) is 0 Å². The molecule has 84 valence electrons. The molecule has 0 aliphatic carbocycles. The van der Waals surface area contributed by atoms with Gasteiger partial charge in [-0.2, -0.15) is 5.26 Å². The molecule has 4 nitrogen and oxygen atoms in total. The second-order valence-corrected chi connectivity index (χ2v) is 3.95. The summed E-state index contributed by atoms with van der Waals surface area (Å²) in [5.74, 6) is -0.761. The molecule has 0 radical (unpaired) electrons. The van der Waals surface area contributed by atoms with Gasteiger partial charge in [0.2, 0.25) is 5.91 Å². The first-order valence-corrected chi connectivity index (χ1v) is 5.15. The Morgan fingerprint density at radius 1 is 1.44 bits per heavy atom. The molecule has 0 fully saturated rings. The van der Waals surface area contributed by atoms with Crippen LogP contribution in [0, 0.1) is 23.2 Å². The van der Waals surface area contributed by atoms with Gasteiger partial charge in [-0.25, -0.2) is 0 Å². The Bertz CT molecular complexity index is 394. The molecule has 16 heavy (non-hydrogen) atoms. The van der Waals surface area contributed by atoms with E-state index in [4.69, 9.17) is 5.26 Å². The molecule has 1 aromatic rings. The van der Waals surface area contributed by atoms with E-state index in [9.17, 15) is 4.79 Å². The summed E-state index contributed by atoms with van der Waals surface area (Å²) in [4.78, 5) is 17.4. The summed E-state index contributed by atoms with van der Waals surface area (Å²) in [6.45, 7) is 3.73. The molecule has 1 aromatic heterocycles. The molecule has 0 spiro atoms. The number of hydrogen-bond donors (Lipinski definition) is 0. The third-order valence-corrected chi connectivity index (χ3v) is 2.45. The standard InChI is InChI=1S/C12H15N3O/c1-9(2)11(8-13)12(16)15(3)10-4-6-14-7-5-10/h4-7,9,11H,1-3H3. The lowest BCUT2D eigenvalue weighted by Gasteiger charge is -2.21. The van der Waals surface area contributed by atoms with Crippen LogP contribution in [0.4, 0.5) is 5.69 Å². The van der Waals surface area contributed by atoms with Gasteiger partial charge in [0.25, 0.3) is 0 Å². The van der Waals surface area contributed by atoms with Gasteiger partial charge < -0.3 is 4.90 Å². The summed E-state index contributed by atoms with van der Waals surface area (Å²) >= 11 is 0. The number of carbonyl (C=O) groups excluding carboxylic acids is 1. The minimum absolute atomic E-state index is 0.0155. The van der Waals surface area contributed by atoms with Gasteiger partial charge in [-0.15, -0.1) is 0 Å². The summed E-state index contributed by atoms with van der Waals surface area (Å²) in [5.41, 5.74) is 0.751. The van der Waals surface area contributed by atoms with E-state index in [1.54, 1.807) is 31.6 Å². The molecule has 1 unspecified atom stereocenters. The largest absolute Gasteiger partial charge is 0.314 e. The molecule has 0 N–H and O–H groups in total. The number of pyridine rings is 1. The van der Waals surface area contributed by atoms with Crippen molar-refractivity contribution in [2.24, 2.45) is 11.8 Å². The highest BCUT2D eigenvalue weighted by atomic mass is 16.2. The smallest absolute Gasteiger partial charge is 0.244 e. The topological polar surface area (TPSA) is 57.0 Å². The van der Waals surface area contributed by atoms with Crippen molar-refractivity contribution in [1.29, 1.82) is 5.26 Å². The number of hydrogen-bond acceptors (Lipinski definition) is 3. The monoisotopic (exact) mass is 217 g/mol. The predicted molar refractivity (Wildman–Crippen MR) is 61.6 cm³/mol. The summed E-state index contributed by atoms with van der Waals surface area (Å²) < 4.78 is 0. The summed E-state index contributed by atoms with van der Waals surface area (Å²) in [6, 6.07) is 5.53. The van der Waals surface area contributed by atoms with Gasteiger partial charge in [0, 0.05) is 25.1 Å². The summed E-state index contributed by atoms with van der Waals surface area (Å²) in [5, 5.41) is 8.95. The van der Waals surface area contributed by atoms with Crippen molar-refractivity contribution in [2.45, 2.75) is 13.8 Å². The van der Waals surface area contributed by atoms with Gasteiger partial charge in [-0.3, -0.25) is 9.78 Å². The minimum atomic E-state index is -0.599. The summed E-state index contributed by atoms with van der Waals surface area (Å²) in [6.07, 6.45) is 3.24. The first kappa shape index (κ1) is 12.2. The minimum Gasteiger partial charge on any atom is -0.314 e. The van der Waals surface area contributed by atoms with E-state index in [1.807, 2.05) is 19.9 Å². The zero-order valence-electron chi connectivity index (χ0n) is 9.71. The van der Waals surface area contributed by atoms with Crippen LogP contribution in [-0.2, 0) is 4.79 Å². The number of aromatic nitrogens is 1. The van der Waals surface area contributed by atoms with Crippen LogP contribution in [-0.4, -0.2) is 17.9 Å².